The summed E-state index contributed by atoms with van der Waals surface area (Å²) in [6.07, 6.45) is 0. The molecule has 0 fully saturated rings. The maximum absolute atomic E-state index is 14.5. The number of nitrogens with two attached hydrogens (primary N) is 1. The fraction of sp³-hybridized carbons (Fsp3) is 0.176. The Kier molecular flexibility index (Phi) is 4.87. The fourth-order valence-electron chi connectivity index (χ4n) is 2.33. The molecule has 0 atom stereocenters. The van der Waals surface area contributed by atoms with Crippen LogP contribution in [0.4, 0.5) is 16.1 Å². The number of carbonyl (C=O) groups is 1. The van der Waals surface area contributed by atoms with E-state index in [4.69, 9.17) is 26.5 Å². The number of halogens is 2. The van der Waals surface area contributed by atoms with Crippen LogP contribution in [0.25, 0.3) is 11.1 Å². The van der Waals surface area contributed by atoms with Crippen molar-refractivity contribution in [3.8, 4) is 0 Å². The average molecular weight is 364 g/mol. The summed E-state index contributed by atoms with van der Waals surface area (Å²) in [5.74, 6) is -1.12. The first-order valence-electron chi connectivity index (χ1n) is 7.45. The second-order valence-corrected chi connectivity index (χ2v) is 5.70. The molecule has 0 spiro atoms. The summed E-state index contributed by atoms with van der Waals surface area (Å²) in [6.45, 7) is 1.35. The number of oxazole rings is 1. The molecule has 2 aromatic carbocycles. The van der Waals surface area contributed by atoms with E-state index < -0.39 is 11.8 Å². The van der Waals surface area contributed by atoms with Gasteiger partial charge in [0.25, 0.3) is 6.01 Å². The Hall–Kier alpha value is -2.64. The van der Waals surface area contributed by atoms with Crippen LogP contribution in [0.15, 0.2) is 34.7 Å². The minimum atomic E-state index is -0.627. The number of esters is 1. The number of aromatic nitrogens is 1. The van der Waals surface area contributed by atoms with E-state index in [2.05, 4.69) is 10.3 Å². The van der Waals surface area contributed by atoms with E-state index in [-0.39, 0.29) is 30.3 Å². The van der Waals surface area contributed by atoms with Crippen molar-refractivity contribution in [3.63, 3.8) is 0 Å². The number of nitrogens with one attached hydrogen (secondary N) is 1. The summed E-state index contributed by atoms with van der Waals surface area (Å²) in [6, 6.07) is 8.46. The lowest BCUT2D eigenvalue weighted by molar-refractivity contribution is -0.142. The quantitative estimate of drug-likeness (QED) is 0.668. The first-order valence-corrected chi connectivity index (χ1v) is 7.83. The average Bonchev–Trinajstić information content (AvgIpc) is 2.99. The number of carbonyl (C=O) groups excluding carboxylic acids is 1. The van der Waals surface area contributed by atoms with Gasteiger partial charge in [0.05, 0.1) is 10.7 Å². The monoisotopic (exact) mass is 363 g/mol. The summed E-state index contributed by atoms with van der Waals surface area (Å²) in [4.78, 5) is 15.1. The molecule has 8 heteroatoms. The highest BCUT2D eigenvalue weighted by Crippen LogP contribution is 2.31. The topological polar surface area (TPSA) is 90.4 Å². The lowest BCUT2D eigenvalue weighted by Crippen LogP contribution is -2.02. The van der Waals surface area contributed by atoms with Crippen LogP contribution in [-0.2, 0) is 22.7 Å². The van der Waals surface area contributed by atoms with Crippen molar-refractivity contribution < 1.29 is 18.3 Å². The van der Waals surface area contributed by atoms with Gasteiger partial charge in [-0.15, -0.1) is 0 Å². The molecule has 0 saturated heterocycles. The second kappa shape index (κ2) is 7.08. The van der Waals surface area contributed by atoms with Crippen molar-refractivity contribution in [2.45, 2.75) is 20.1 Å². The Bertz CT molecular complexity index is 942. The summed E-state index contributed by atoms with van der Waals surface area (Å²) >= 11 is 6.17. The van der Waals surface area contributed by atoms with Gasteiger partial charge >= 0.3 is 5.97 Å². The third-order valence-electron chi connectivity index (χ3n) is 3.56. The van der Waals surface area contributed by atoms with E-state index in [1.165, 1.54) is 13.0 Å². The molecule has 3 aromatic rings. The molecule has 0 amide bonds. The molecule has 25 heavy (non-hydrogen) atoms. The van der Waals surface area contributed by atoms with E-state index >= 15 is 0 Å². The minimum absolute atomic E-state index is 0.0338. The number of hydrogen-bond acceptors (Lipinski definition) is 6. The highest BCUT2D eigenvalue weighted by molar-refractivity contribution is 6.33. The highest BCUT2D eigenvalue weighted by Gasteiger charge is 2.16. The molecule has 0 aliphatic carbocycles. The van der Waals surface area contributed by atoms with Gasteiger partial charge in [0.1, 0.15) is 12.1 Å². The molecule has 6 nitrogen and oxygen atoms in total. The lowest BCUT2D eigenvalue weighted by Gasteiger charge is -2.09. The molecule has 3 N–H and O–H groups in total. The molecule has 0 radical (unpaired) electrons. The van der Waals surface area contributed by atoms with Gasteiger partial charge in [-0.05, 0) is 17.7 Å². The third-order valence-corrected chi connectivity index (χ3v) is 3.87. The van der Waals surface area contributed by atoms with Gasteiger partial charge in [-0.3, -0.25) is 4.79 Å². The maximum atomic E-state index is 14.5. The number of para-hydroxylation sites is 1. The normalized spacial score (nSPS) is 10.9. The predicted octanol–water partition coefficient (Wildman–Crippen LogP) is 3.89. The van der Waals surface area contributed by atoms with Crippen LogP contribution >= 0.6 is 11.6 Å². The number of hydrogen-bond donors (Lipinski definition) is 2. The highest BCUT2D eigenvalue weighted by atomic mass is 35.5. The zero-order valence-corrected chi connectivity index (χ0v) is 14.1. The summed E-state index contributed by atoms with van der Waals surface area (Å²) in [5.41, 5.74) is 7.52. The van der Waals surface area contributed by atoms with Gasteiger partial charge in [-0.25, -0.2) is 4.39 Å². The molecule has 0 unspecified atom stereocenters. The molecule has 0 aliphatic heterocycles. The van der Waals surface area contributed by atoms with Gasteiger partial charge in [-0.1, -0.05) is 29.8 Å². The first kappa shape index (κ1) is 17.2. The fourth-order valence-corrected chi connectivity index (χ4v) is 2.57. The van der Waals surface area contributed by atoms with Crippen LogP contribution in [0.5, 0.6) is 0 Å². The van der Waals surface area contributed by atoms with E-state index in [0.29, 0.717) is 16.2 Å². The number of ether oxygens (including phenoxy) is 1. The molecule has 0 saturated carbocycles. The Morgan fingerprint density at radius 2 is 2.16 bits per heavy atom. The SMILES string of the molecule is CC(=O)OCc1ccc2nc(Nc3c(Cl)cccc3CN)oc2c1F. The standard InChI is InChI=1S/C17H15ClFN3O3/c1-9(23)24-8-11-5-6-13-16(14(11)19)25-17(21-13)22-15-10(7-20)3-2-4-12(15)18/h2-6H,7-8,20H2,1H3,(H,21,22). The first-order chi connectivity index (χ1) is 12.0. The Morgan fingerprint density at radius 3 is 2.88 bits per heavy atom. The van der Waals surface area contributed by atoms with Crippen LogP contribution in [0.3, 0.4) is 0 Å². The Balaban J connectivity index is 1.94. The van der Waals surface area contributed by atoms with Crippen LogP contribution < -0.4 is 11.1 Å². The largest absolute Gasteiger partial charge is 0.461 e. The van der Waals surface area contributed by atoms with Gasteiger partial charge in [-0.2, -0.15) is 4.98 Å². The van der Waals surface area contributed by atoms with Gasteiger partial charge < -0.3 is 20.2 Å². The second-order valence-electron chi connectivity index (χ2n) is 5.29. The van der Waals surface area contributed by atoms with Crippen molar-refractivity contribution in [2.75, 3.05) is 5.32 Å². The van der Waals surface area contributed by atoms with Crippen molar-refractivity contribution in [1.29, 1.82) is 0 Å². The number of nitrogens with zero attached hydrogens (tertiary/aromatic N) is 1. The van der Waals surface area contributed by atoms with Crippen molar-refractivity contribution in [3.05, 3.63) is 52.3 Å². The lowest BCUT2D eigenvalue weighted by atomic mass is 10.2. The van der Waals surface area contributed by atoms with Crippen LogP contribution in [0, 0.1) is 5.82 Å². The molecular weight excluding hydrogens is 349 g/mol. The van der Waals surface area contributed by atoms with Crippen LogP contribution in [0.1, 0.15) is 18.1 Å². The van der Waals surface area contributed by atoms with Crippen LogP contribution in [-0.4, -0.2) is 11.0 Å². The number of benzene rings is 2. The Morgan fingerprint density at radius 1 is 1.36 bits per heavy atom. The Labute approximate surface area is 147 Å². The van der Waals surface area contributed by atoms with Crippen molar-refractivity contribution >= 4 is 40.4 Å². The van der Waals surface area contributed by atoms with Crippen LogP contribution in [0.2, 0.25) is 5.02 Å². The number of rotatable bonds is 5. The van der Waals surface area contributed by atoms with Crippen molar-refractivity contribution in [2.24, 2.45) is 5.73 Å². The molecule has 3 rings (SSSR count). The molecule has 1 heterocycles. The molecule has 1 aromatic heterocycles. The third kappa shape index (κ3) is 3.57. The zero-order chi connectivity index (χ0) is 18.0. The molecule has 0 aliphatic rings. The van der Waals surface area contributed by atoms with Gasteiger partial charge in [0, 0.05) is 19.0 Å². The zero-order valence-electron chi connectivity index (χ0n) is 13.3. The van der Waals surface area contributed by atoms with E-state index in [1.54, 1.807) is 18.2 Å². The smallest absolute Gasteiger partial charge is 0.302 e. The van der Waals surface area contributed by atoms with E-state index in [1.807, 2.05) is 6.07 Å². The van der Waals surface area contributed by atoms with E-state index in [9.17, 15) is 9.18 Å². The summed E-state index contributed by atoms with van der Waals surface area (Å²) < 4.78 is 24.8. The predicted molar refractivity (Wildman–Crippen MR) is 92.1 cm³/mol. The molecule has 130 valence electrons. The van der Waals surface area contributed by atoms with Gasteiger partial charge in [0.15, 0.2) is 11.4 Å². The summed E-state index contributed by atoms with van der Waals surface area (Å²) in [7, 11) is 0. The minimum Gasteiger partial charge on any atom is -0.461 e. The van der Waals surface area contributed by atoms with E-state index in [0.717, 1.165) is 5.56 Å². The molecule has 0 bridgehead atoms. The summed E-state index contributed by atoms with van der Waals surface area (Å²) in [5, 5.41) is 3.38. The van der Waals surface area contributed by atoms with Gasteiger partial charge in [0.2, 0.25) is 0 Å². The maximum Gasteiger partial charge on any atom is 0.302 e. The van der Waals surface area contributed by atoms with Crippen molar-refractivity contribution in [1.82, 2.24) is 4.98 Å². The number of anilines is 2. The number of fused-ring (bicyclic) bond motifs is 1. The molecular formula is C17H15ClFN3O3.